The van der Waals surface area contributed by atoms with Gasteiger partial charge in [0.05, 0.1) is 5.25 Å². The summed E-state index contributed by atoms with van der Waals surface area (Å²) >= 11 is 0. The molecule has 5 heteroatoms. The van der Waals surface area contributed by atoms with Crippen LogP contribution in [0.4, 0.5) is 0 Å². The number of sulfonamides is 1. The highest BCUT2D eigenvalue weighted by Crippen LogP contribution is 2.23. The smallest absolute Gasteiger partial charge is 0.214 e. The summed E-state index contributed by atoms with van der Waals surface area (Å²) < 4.78 is 26.9. The molecular weight excluding hydrogens is 248 g/mol. The number of nitrogens with two attached hydrogens (primary N) is 1. The third kappa shape index (κ3) is 5.67. The van der Waals surface area contributed by atoms with Crippen molar-refractivity contribution in [1.82, 2.24) is 4.72 Å². The topological polar surface area (TPSA) is 72.2 Å². The minimum absolute atomic E-state index is 0.108. The maximum Gasteiger partial charge on any atom is 0.214 e. The molecule has 1 atom stereocenters. The molecule has 1 rings (SSSR count). The van der Waals surface area contributed by atoms with Crippen molar-refractivity contribution in [3.63, 3.8) is 0 Å². The molecule has 0 aliphatic heterocycles. The highest BCUT2D eigenvalue weighted by atomic mass is 32.2. The quantitative estimate of drug-likeness (QED) is 0.806. The number of hydrogen-bond donors (Lipinski definition) is 2. The van der Waals surface area contributed by atoms with E-state index in [1.54, 1.807) is 0 Å². The van der Waals surface area contributed by atoms with Gasteiger partial charge in [-0.15, -0.1) is 0 Å². The van der Waals surface area contributed by atoms with Crippen LogP contribution in [0.15, 0.2) is 0 Å². The third-order valence-electron chi connectivity index (χ3n) is 3.41. The Bertz CT molecular complexity index is 340. The molecule has 0 radical (unpaired) electrons. The van der Waals surface area contributed by atoms with Crippen LogP contribution < -0.4 is 10.5 Å². The Morgan fingerprint density at radius 2 is 1.78 bits per heavy atom. The van der Waals surface area contributed by atoms with Gasteiger partial charge >= 0.3 is 0 Å². The molecule has 0 saturated heterocycles. The average Bonchev–Trinajstić information content (AvgIpc) is 2.26. The Labute approximate surface area is 112 Å². The fourth-order valence-corrected chi connectivity index (χ4v) is 4.21. The first kappa shape index (κ1) is 15.9. The van der Waals surface area contributed by atoms with Crippen LogP contribution in [0.5, 0.6) is 0 Å². The Morgan fingerprint density at radius 1 is 1.22 bits per heavy atom. The van der Waals surface area contributed by atoms with Crippen molar-refractivity contribution in [2.24, 2.45) is 11.1 Å². The molecule has 1 aliphatic rings. The van der Waals surface area contributed by atoms with E-state index in [9.17, 15) is 8.42 Å². The largest absolute Gasteiger partial charge is 0.326 e. The lowest BCUT2D eigenvalue weighted by atomic mass is 9.88. The van der Waals surface area contributed by atoms with E-state index in [-0.39, 0.29) is 16.7 Å². The molecule has 1 saturated carbocycles. The van der Waals surface area contributed by atoms with E-state index in [0.29, 0.717) is 6.54 Å². The van der Waals surface area contributed by atoms with Gasteiger partial charge < -0.3 is 5.73 Å². The van der Waals surface area contributed by atoms with Crippen LogP contribution in [0, 0.1) is 5.41 Å². The van der Waals surface area contributed by atoms with Gasteiger partial charge in [-0.05, 0) is 24.7 Å². The fraction of sp³-hybridized carbons (Fsp3) is 1.00. The summed E-state index contributed by atoms with van der Waals surface area (Å²) in [6.45, 7) is 6.70. The predicted octanol–water partition coefficient (Wildman–Crippen LogP) is 2.00. The van der Waals surface area contributed by atoms with Gasteiger partial charge in [0, 0.05) is 12.6 Å². The average molecular weight is 276 g/mol. The third-order valence-corrected chi connectivity index (χ3v) is 5.33. The maximum atomic E-state index is 12.1. The van der Waals surface area contributed by atoms with Gasteiger partial charge in [0.2, 0.25) is 10.0 Å². The second-order valence-electron chi connectivity index (χ2n) is 6.68. The van der Waals surface area contributed by atoms with Crippen LogP contribution in [-0.4, -0.2) is 26.3 Å². The van der Waals surface area contributed by atoms with Crippen LogP contribution in [0.2, 0.25) is 0 Å². The SMILES string of the molecule is CC(C)(C)CC(N)CNS(=O)(=O)C1CCCCC1. The second kappa shape index (κ2) is 6.35. The standard InChI is InChI=1S/C13H28N2O2S/c1-13(2,3)9-11(14)10-15-18(16,17)12-7-5-4-6-8-12/h11-12,15H,4-10,14H2,1-3H3. The van der Waals surface area contributed by atoms with Crippen molar-refractivity contribution in [3.8, 4) is 0 Å². The molecule has 0 aromatic heterocycles. The summed E-state index contributed by atoms with van der Waals surface area (Å²) in [6, 6.07) is -0.108. The van der Waals surface area contributed by atoms with Gasteiger partial charge in [0.15, 0.2) is 0 Å². The van der Waals surface area contributed by atoms with E-state index in [0.717, 1.165) is 38.5 Å². The van der Waals surface area contributed by atoms with Gasteiger partial charge in [-0.3, -0.25) is 0 Å². The second-order valence-corrected chi connectivity index (χ2v) is 8.72. The Kier molecular flexibility index (Phi) is 5.62. The molecule has 0 aromatic carbocycles. The number of rotatable bonds is 5. The highest BCUT2D eigenvalue weighted by Gasteiger charge is 2.27. The van der Waals surface area contributed by atoms with Crippen LogP contribution in [0.3, 0.4) is 0 Å². The van der Waals surface area contributed by atoms with Crippen LogP contribution in [0.1, 0.15) is 59.3 Å². The first-order chi connectivity index (χ1) is 8.21. The first-order valence-electron chi connectivity index (χ1n) is 6.95. The molecule has 0 bridgehead atoms. The van der Waals surface area contributed by atoms with Crippen molar-refractivity contribution < 1.29 is 8.42 Å². The molecule has 1 fully saturated rings. The lowest BCUT2D eigenvalue weighted by Crippen LogP contribution is -2.43. The summed E-state index contributed by atoms with van der Waals surface area (Å²) in [7, 11) is -3.16. The van der Waals surface area contributed by atoms with Gasteiger partial charge in [-0.1, -0.05) is 40.0 Å². The zero-order valence-corrected chi connectivity index (χ0v) is 12.7. The minimum Gasteiger partial charge on any atom is -0.326 e. The van der Waals surface area contributed by atoms with Crippen LogP contribution in [0.25, 0.3) is 0 Å². The van der Waals surface area contributed by atoms with Gasteiger partial charge in [-0.2, -0.15) is 0 Å². The van der Waals surface area contributed by atoms with Gasteiger partial charge in [0.1, 0.15) is 0 Å². The van der Waals surface area contributed by atoms with Gasteiger partial charge in [0.25, 0.3) is 0 Å². The maximum absolute atomic E-state index is 12.1. The molecule has 4 nitrogen and oxygen atoms in total. The first-order valence-corrected chi connectivity index (χ1v) is 8.49. The summed E-state index contributed by atoms with van der Waals surface area (Å²) in [6.07, 6.45) is 5.63. The minimum atomic E-state index is -3.16. The molecule has 0 amide bonds. The predicted molar refractivity (Wildman–Crippen MR) is 75.8 cm³/mol. The molecule has 108 valence electrons. The zero-order valence-electron chi connectivity index (χ0n) is 11.9. The summed E-state index contributed by atoms with van der Waals surface area (Å²) in [5.74, 6) is 0. The Balaban J connectivity index is 2.41. The molecular formula is C13H28N2O2S. The fourth-order valence-electron chi connectivity index (χ4n) is 2.58. The normalized spacial score (nSPS) is 20.9. The van der Waals surface area contributed by atoms with Crippen molar-refractivity contribution in [2.75, 3.05) is 6.54 Å². The highest BCUT2D eigenvalue weighted by molar-refractivity contribution is 7.90. The number of hydrogen-bond acceptors (Lipinski definition) is 3. The van der Waals surface area contributed by atoms with Crippen molar-refractivity contribution in [3.05, 3.63) is 0 Å². The van der Waals surface area contributed by atoms with E-state index >= 15 is 0 Å². The van der Waals surface area contributed by atoms with Crippen LogP contribution >= 0.6 is 0 Å². The summed E-state index contributed by atoms with van der Waals surface area (Å²) in [4.78, 5) is 0. The summed E-state index contributed by atoms with van der Waals surface area (Å²) in [5.41, 5.74) is 6.10. The molecule has 0 spiro atoms. The molecule has 3 N–H and O–H groups in total. The van der Waals surface area contributed by atoms with E-state index in [1.165, 1.54) is 0 Å². The molecule has 0 heterocycles. The van der Waals surface area contributed by atoms with E-state index in [4.69, 9.17) is 5.73 Å². The summed E-state index contributed by atoms with van der Waals surface area (Å²) in [5, 5.41) is -0.201. The van der Waals surface area contributed by atoms with E-state index < -0.39 is 10.0 Å². The van der Waals surface area contributed by atoms with Gasteiger partial charge in [-0.25, -0.2) is 13.1 Å². The van der Waals surface area contributed by atoms with Crippen molar-refractivity contribution >= 4 is 10.0 Å². The Morgan fingerprint density at radius 3 is 2.28 bits per heavy atom. The van der Waals surface area contributed by atoms with Crippen molar-refractivity contribution in [1.29, 1.82) is 0 Å². The van der Waals surface area contributed by atoms with E-state index in [1.807, 2.05) is 0 Å². The lowest BCUT2D eigenvalue weighted by Gasteiger charge is -2.25. The molecule has 1 unspecified atom stereocenters. The monoisotopic (exact) mass is 276 g/mol. The Hall–Kier alpha value is -0.130. The molecule has 0 aromatic rings. The zero-order chi connectivity index (χ0) is 13.8. The number of nitrogens with one attached hydrogen (secondary N) is 1. The lowest BCUT2D eigenvalue weighted by molar-refractivity contribution is 0.338. The van der Waals surface area contributed by atoms with Crippen LogP contribution in [-0.2, 0) is 10.0 Å². The molecule has 18 heavy (non-hydrogen) atoms. The van der Waals surface area contributed by atoms with Crippen molar-refractivity contribution in [2.45, 2.75) is 70.6 Å². The molecule has 1 aliphatic carbocycles. The van der Waals surface area contributed by atoms with E-state index in [2.05, 4.69) is 25.5 Å².